The lowest BCUT2D eigenvalue weighted by atomic mass is 10.0. The van der Waals surface area contributed by atoms with Crippen molar-refractivity contribution in [3.05, 3.63) is 35.9 Å². The summed E-state index contributed by atoms with van der Waals surface area (Å²) in [7, 11) is 0. The number of carboxylic acids is 1. The monoisotopic (exact) mass is 205 g/mol. The Morgan fingerprint density at radius 1 is 1.40 bits per heavy atom. The molecule has 0 bridgehead atoms. The van der Waals surface area contributed by atoms with Crippen molar-refractivity contribution < 1.29 is 14.7 Å². The predicted molar refractivity (Wildman–Crippen MR) is 53.3 cm³/mol. The Kier molecular flexibility index (Phi) is 2.51. The van der Waals surface area contributed by atoms with Gasteiger partial charge in [-0.2, -0.15) is 0 Å². The maximum absolute atomic E-state index is 11.1. The largest absolute Gasteiger partial charge is 0.480 e. The summed E-state index contributed by atoms with van der Waals surface area (Å²) in [6.45, 7) is 0.759. The number of carbonyl (C=O) groups excluding carboxylic acids is 1. The van der Waals surface area contributed by atoms with Crippen LogP contribution in [0.3, 0.4) is 0 Å². The van der Waals surface area contributed by atoms with Gasteiger partial charge in [-0.1, -0.05) is 30.3 Å². The van der Waals surface area contributed by atoms with E-state index in [9.17, 15) is 9.59 Å². The standard InChI is InChI=1S/C11H11NO3/c13-9-7-12(10(9)11(14)15)6-8-4-2-1-3-5-8/h1-5,10H,6-7H2,(H,14,15). The number of benzene rings is 1. The number of hydrogen-bond donors (Lipinski definition) is 1. The average molecular weight is 205 g/mol. The molecule has 1 heterocycles. The van der Waals surface area contributed by atoms with Gasteiger partial charge < -0.3 is 5.11 Å². The molecule has 0 radical (unpaired) electrons. The molecular formula is C11H11NO3. The molecular weight excluding hydrogens is 194 g/mol. The Bertz CT molecular complexity index is 380. The highest BCUT2D eigenvalue weighted by molar-refractivity contribution is 6.07. The summed E-state index contributed by atoms with van der Waals surface area (Å²) in [6.07, 6.45) is 0. The van der Waals surface area contributed by atoms with Gasteiger partial charge in [0.2, 0.25) is 0 Å². The molecule has 1 aliphatic heterocycles. The van der Waals surface area contributed by atoms with E-state index in [1.165, 1.54) is 0 Å². The Hall–Kier alpha value is -1.68. The van der Waals surface area contributed by atoms with Crippen molar-refractivity contribution >= 4 is 11.8 Å². The minimum atomic E-state index is -1.05. The van der Waals surface area contributed by atoms with Gasteiger partial charge in [-0.05, 0) is 5.56 Å². The molecule has 4 heteroatoms. The molecule has 1 N–H and O–H groups in total. The van der Waals surface area contributed by atoms with Crippen LogP contribution in [-0.2, 0) is 16.1 Å². The van der Waals surface area contributed by atoms with Gasteiger partial charge in [0.15, 0.2) is 11.8 Å². The highest BCUT2D eigenvalue weighted by Crippen LogP contribution is 2.17. The molecule has 15 heavy (non-hydrogen) atoms. The first-order valence-corrected chi connectivity index (χ1v) is 4.72. The van der Waals surface area contributed by atoms with E-state index >= 15 is 0 Å². The van der Waals surface area contributed by atoms with Crippen LogP contribution in [0.5, 0.6) is 0 Å². The smallest absolute Gasteiger partial charge is 0.328 e. The van der Waals surface area contributed by atoms with Gasteiger partial charge in [0, 0.05) is 6.54 Å². The molecule has 0 saturated carbocycles. The number of ketones is 1. The van der Waals surface area contributed by atoms with E-state index in [2.05, 4.69) is 0 Å². The van der Waals surface area contributed by atoms with E-state index in [0.717, 1.165) is 5.56 Å². The van der Waals surface area contributed by atoms with Crippen molar-refractivity contribution in [1.82, 2.24) is 4.90 Å². The molecule has 0 amide bonds. The Morgan fingerprint density at radius 3 is 2.60 bits per heavy atom. The molecule has 1 aliphatic rings. The number of rotatable bonds is 3. The second-order valence-electron chi connectivity index (χ2n) is 3.60. The molecule has 0 spiro atoms. The van der Waals surface area contributed by atoms with Gasteiger partial charge in [0.05, 0.1) is 6.54 Å². The molecule has 78 valence electrons. The number of likely N-dealkylation sites (tertiary alicyclic amines) is 1. The third kappa shape index (κ3) is 1.89. The fourth-order valence-electron chi connectivity index (χ4n) is 1.73. The number of nitrogens with zero attached hydrogens (tertiary/aromatic N) is 1. The summed E-state index contributed by atoms with van der Waals surface area (Å²) in [6, 6.07) is 8.59. The second kappa shape index (κ2) is 3.82. The molecule has 4 nitrogen and oxygen atoms in total. The first kappa shape index (κ1) is 9.86. The van der Waals surface area contributed by atoms with Crippen LogP contribution in [0.2, 0.25) is 0 Å². The lowest BCUT2D eigenvalue weighted by Gasteiger charge is -2.36. The van der Waals surface area contributed by atoms with Crippen LogP contribution in [0.25, 0.3) is 0 Å². The van der Waals surface area contributed by atoms with Crippen molar-refractivity contribution in [2.75, 3.05) is 6.54 Å². The minimum Gasteiger partial charge on any atom is -0.480 e. The van der Waals surface area contributed by atoms with E-state index in [1.807, 2.05) is 30.3 Å². The summed E-state index contributed by atoms with van der Waals surface area (Å²) in [5, 5.41) is 8.79. The van der Waals surface area contributed by atoms with Gasteiger partial charge >= 0.3 is 5.97 Å². The first-order chi connectivity index (χ1) is 7.18. The van der Waals surface area contributed by atoms with E-state index in [0.29, 0.717) is 6.54 Å². The number of Topliss-reactive ketones (excluding diaryl/α,β-unsaturated/α-hetero) is 1. The van der Waals surface area contributed by atoms with Gasteiger partial charge in [-0.3, -0.25) is 14.5 Å². The molecule has 2 rings (SSSR count). The zero-order valence-corrected chi connectivity index (χ0v) is 8.09. The molecule has 1 aromatic rings. The number of carbonyl (C=O) groups is 2. The van der Waals surface area contributed by atoms with Crippen molar-refractivity contribution in [2.24, 2.45) is 0 Å². The molecule has 1 unspecified atom stereocenters. The summed E-state index contributed by atoms with van der Waals surface area (Å²) >= 11 is 0. The fraction of sp³-hybridized carbons (Fsp3) is 0.273. The molecule has 0 aromatic heterocycles. The highest BCUT2D eigenvalue weighted by atomic mass is 16.4. The van der Waals surface area contributed by atoms with Crippen molar-refractivity contribution in [2.45, 2.75) is 12.6 Å². The first-order valence-electron chi connectivity index (χ1n) is 4.72. The molecule has 1 saturated heterocycles. The quantitative estimate of drug-likeness (QED) is 0.731. The number of aliphatic carboxylic acids is 1. The average Bonchev–Trinajstić information content (AvgIpc) is 2.17. The fourth-order valence-corrected chi connectivity index (χ4v) is 1.73. The summed E-state index contributed by atoms with van der Waals surface area (Å²) in [5.74, 6) is -1.26. The van der Waals surface area contributed by atoms with Crippen LogP contribution in [-0.4, -0.2) is 34.3 Å². The highest BCUT2D eigenvalue weighted by Gasteiger charge is 2.42. The third-order valence-corrected chi connectivity index (χ3v) is 2.49. The van der Waals surface area contributed by atoms with Crippen LogP contribution >= 0.6 is 0 Å². The number of carboxylic acid groups (broad SMARTS) is 1. The van der Waals surface area contributed by atoms with Gasteiger partial charge in [0.1, 0.15) is 0 Å². The van der Waals surface area contributed by atoms with Crippen LogP contribution < -0.4 is 0 Å². The van der Waals surface area contributed by atoms with Gasteiger partial charge in [-0.15, -0.1) is 0 Å². The molecule has 1 fully saturated rings. The van der Waals surface area contributed by atoms with Crippen LogP contribution in [0.15, 0.2) is 30.3 Å². The predicted octanol–water partition coefficient (Wildman–Crippen LogP) is 0.524. The molecule has 1 aromatic carbocycles. The molecule has 1 atom stereocenters. The maximum Gasteiger partial charge on any atom is 0.328 e. The number of hydrogen-bond acceptors (Lipinski definition) is 3. The summed E-state index contributed by atoms with van der Waals surface area (Å²) in [4.78, 5) is 23.4. The van der Waals surface area contributed by atoms with Crippen molar-refractivity contribution in [1.29, 1.82) is 0 Å². The lowest BCUT2D eigenvalue weighted by Crippen LogP contribution is -2.60. The van der Waals surface area contributed by atoms with Crippen molar-refractivity contribution in [3.8, 4) is 0 Å². The third-order valence-electron chi connectivity index (χ3n) is 2.49. The minimum absolute atomic E-state index is 0.210. The molecule has 0 aliphatic carbocycles. The Labute approximate surface area is 87.1 Å². The van der Waals surface area contributed by atoms with E-state index < -0.39 is 12.0 Å². The maximum atomic E-state index is 11.1. The zero-order valence-electron chi connectivity index (χ0n) is 8.09. The van der Waals surface area contributed by atoms with Gasteiger partial charge in [-0.25, -0.2) is 0 Å². The summed E-state index contributed by atoms with van der Waals surface area (Å²) in [5.41, 5.74) is 1.02. The lowest BCUT2D eigenvalue weighted by molar-refractivity contribution is -0.156. The van der Waals surface area contributed by atoms with E-state index in [1.54, 1.807) is 4.90 Å². The van der Waals surface area contributed by atoms with E-state index in [-0.39, 0.29) is 12.3 Å². The zero-order chi connectivity index (χ0) is 10.8. The Balaban J connectivity index is 2.03. The SMILES string of the molecule is O=C(O)C1C(=O)CN1Cc1ccccc1. The topological polar surface area (TPSA) is 57.6 Å². The van der Waals surface area contributed by atoms with Crippen LogP contribution in [0.4, 0.5) is 0 Å². The van der Waals surface area contributed by atoms with Crippen LogP contribution in [0, 0.1) is 0 Å². The summed E-state index contributed by atoms with van der Waals surface area (Å²) < 4.78 is 0. The normalized spacial score (nSPS) is 21.1. The van der Waals surface area contributed by atoms with Crippen LogP contribution in [0.1, 0.15) is 5.56 Å². The van der Waals surface area contributed by atoms with E-state index in [4.69, 9.17) is 5.11 Å². The Morgan fingerprint density at radius 2 is 2.07 bits per heavy atom. The van der Waals surface area contributed by atoms with Crippen molar-refractivity contribution in [3.63, 3.8) is 0 Å². The second-order valence-corrected chi connectivity index (χ2v) is 3.60. The van der Waals surface area contributed by atoms with Gasteiger partial charge in [0.25, 0.3) is 0 Å².